The van der Waals surface area contributed by atoms with E-state index in [0.29, 0.717) is 11.4 Å². The van der Waals surface area contributed by atoms with Crippen LogP contribution in [0.2, 0.25) is 0 Å². The smallest absolute Gasteiger partial charge is 0.259 e. The lowest BCUT2D eigenvalue weighted by Crippen LogP contribution is -2.14. The summed E-state index contributed by atoms with van der Waals surface area (Å²) in [4.78, 5) is 12.2. The first-order chi connectivity index (χ1) is 9.38. The predicted octanol–water partition coefficient (Wildman–Crippen LogP) is 2.55. The standard InChI is InChI=1S/C15H16N2O3/c1-8-5-10(16)6-9(2)14(8)17-15(20)12-7-11(18)3-4-13(12)19/h3-7,18-19H,16H2,1-2H3,(H,17,20). The van der Waals surface area contributed by atoms with Gasteiger partial charge in [-0.05, 0) is 55.3 Å². The zero-order valence-electron chi connectivity index (χ0n) is 11.3. The molecule has 0 aliphatic carbocycles. The Morgan fingerprint density at radius 2 is 1.70 bits per heavy atom. The largest absolute Gasteiger partial charge is 0.508 e. The van der Waals surface area contributed by atoms with E-state index < -0.39 is 5.91 Å². The Morgan fingerprint density at radius 1 is 1.10 bits per heavy atom. The van der Waals surface area contributed by atoms with Gasteiger partial charge < -0.3 is 21.3 Å². The van der Waals surface area contributed by atoms with Gasteiger partial charge in [0, 0.05) is 11.4 Å². The van der Waals surface area contributed by atoms with Crippen LogP contribution in [0.15, 0.2) is 30.3 Å². The number of hydrogen-bond donors (Lipinski definition) is 4. The molecule has 5 N–H and O–H groups in total. The maximum absolute atomic E-state index is 12.2. The topological polar surface area (TPSA) is 95.6 Å². The minimum Gasteiger partial charge on any atom is -0.508 e. The third-order valence-corrected chi connectivity index (χ3v) is 3.02. The number of carbonyl (C=O) groups is 1. The highest BCUT2D eigenvalue weighted by Crippen LogP contribution is 2.27. The van der Waals surface area contributed by atoms with Crippen LogP contribution in [0.25, 0.3) is 0 Å². The monoisotopic (exact) mass is 272 g/mol. The second-order valence-electron chi connectivity index (χ2n) is 4.69. The maximum atomic E-state index is 12.2. The van der Waals surface area contributed by atoms with Gasteiger partial charge in [0.25, 0.3) is 5.91 Å². The molecule has 2 aromatic rings. The zero-order valence-corrected chi connectivity index (χ0v) is 11.3. The van der Waals surface area contributed by atoms with Crippen LogP contribution in [-0.2, 0) is 0 Å². The molecule has 5 heteroatoms. The summed E-state index contributed by atoms with van der Waals surface area (Å²) in [5.41, 5.74) is 8.67. The molecule has 0 atom stereocenters. The van der Waals surface area contributed by atoms with Crippen molar-refractivity contribution >= 4 is 17.3 Å². The van der Waals surface area contributed by atoms with E-state index in [-0.39, 0.29) is 17.1 Å². The van der Waals surface area contributed by atoms with E-state index in [9.17, 15) is 15.0 Å². The Bertz CT molecular complexity index is 658. The first kappa shape index (κ1) is 13.7. The zero-order chi connectivity index (χ0) is 14.9. The number of anilines is 2. The molecule has 0 saturated heterocycles. The minimum atomic E-state index is -0.491. The van der Waals surface area contributed by atoms with Gasteiger partial charge in [0.15, 0.2) is 0 Å². The predicted molar refractivity (Wildman–Crippen MR) is 78.1 cm³/mol. The molecule has 0 aliphatic heterocycles. The third-order valence-electron chi connectivity index (χ3n) is 3.02. The Kier molecular flexibility index (Phi) is 3.52. The number of aromatic hydroxyl groups is 2. The molecule has 0 aliphatic rings. The van der Waals surface area contributed by atoms with Crippen LogP contribution < -0.4 is 11.1 Å². The van der Waals surface area contributed by atoms with Crippen molar-refractivity contribution in [1.29, 1.82) is 0 Å². The lowest BCUT2D eigenvalue weighted by molar-refractivity contribution is 0.102. The van der Waals surface area contributed by atoms with Crippen molar-refractivity contribution in [2.45, 2.75) is 13.8 Å². The lowest BCUT2D eigenvalue weighted by atomic mass is 10.1. The second kappa shape index (κ2) is 5.13. The summed E-state index contributed by atoms with van der Waals surface area (Å²) in [6.45, 7) is 3.67. The molecule has 0 unspecified atom stereocenters. The van der Waals surface area contributed by atoms with Gasteiger partial charge in [0.05, 0.1) is 5.56 Å². The molecule has 2 rings (SSSR count). The number of aryl methyl sites for hydroxylation is 2. The van der Waals surface area contributed by atoms with Gasteiger partial charge in [0.1, 0.15) is 11.5 Å². The van der Waals surface area contributed by atoms with Gasteiger partial charge in [-0.15, -0.1) is 0 Å². The Labute approximate surface area is 116 Å². The summed E-state index contributed by atoms with van der Waals surface area (Å²) in [6, 6.07) is 7.31. The molecular weight excluding hydrogens is 256 g/mol. The van der Waals surface area contributed by atoms with Gasteiger partial charge in [-0.25, -0.2) is 0 Å². The number of phenolic OH excluding ortho intramolecular Hbond substituents is 2. The maximum Gasteiger partial charge on any atom is 0.259 e. The fourth-order valence-electron chi connectivity index (χ4n) is 2.08. The quantitative estimate of drug-likeness (QED) is 0.499. The number of carbonyl (C=O) groups excluding carboxylic acids is 1. The second-order valence-corrected chi connectivity index (χ2v) is 4.69. The lowest BCUT2D eigenvalue weighted by Gasteiger charge is -2.13. The molecule has 0 aromatic heterocycles. The average Bonchev–Trinajstić information content (AvgIpc) is 2.36. The van der Waals surface area contributed by atoms with E-state index in [1.165, 1.54) is 18.2 Å². The van der Waals surface area contributed by atoms with Crippen LogP contribution in [0.1, 0.15) is 21.5 Å². The van der Waals surface area contributed by atoms with Crippen molar-refractivity contribution in [1.82, 2.24) is 0 Å². The highest BCUT2D eigenvalue weighted by molar-refractivity contribution is 6.07. The van der Waals surface area contributed by atoms with Crippen LogP contribution in [0.3, 0.4) is 0 Å². The third kappa shape index (κ3) is 2.66. The van der Waals surface area contributed by atoms with Gasteiger partial charge in [-0.1, -0.05) is 0 Å². The summed E-state index contributed by atoms with van der Waals surface area (Å²) < 4.78 is 0. The van der Waals surface area contributed by atoms with E-state index in [1.807, 2.05) is 13.8 Å². The number of nitrogens with two attached hydrogens (primary N) is 1. The van der Waals surface area contributed by atoms with E-state index >= 15 is 0 Å². The highest BCUT2D eigenvalue weighted by Gasteiger charge is 2.14. The first-order valence-corrected chi connectivity index (χ1v) is 6.08. The molecule has 0 bridgehead atoms. The molecule has 1 amide bonds. The minimum absolute atomic E-state index is 0.0145. The number of rotatable bonds is 2. The Balaban J connectivity index is 2.35. The number of nitrogens with one attached hydrogen (secondary N) is 1. The average molecular weight is 272 g/mol. The van der Waals surface area contributed by atoms with Crippen LogP contribution in [0.4, 0.5) is 11.4 Å². The van der Waals surface area contributed by atoms with E-state index in [1.54, 1.807) is 12.1 Å². The summed E-state index contributed by atoms with van der Waals surface area (Å²) >= 11 is 0. The number of hydrogen-bond acceptors (Lipinski definition) is 4. The van der Waals surface area contributed by atoms with Crippen LogP contribution >= 0.6 is 0 Å². The normalized spacial score (nSPS) is 10.3. The molecule has 0 fully saturated rings. The van der Waals surface area contributed by atoms with Gasteiger partial charge in [-0.3, -0.25) is 4.79 Å². The molecular formula is C15H16N2O3. The molecule has 104 valence electrons. The number of amides is 1. The Hall–Kier alpha value is -2.69. The highest BCUT2D eigenvalue weighted by atomic mass is 16.3. The van der Waals surface area contributed by atoms with Crippen molar-refractivity contribution < 1.29 is 15.0 Å². The molecule has 0 spiro atoms. The molecule has 0 heterocycles. The van der Waals surface area contributed by atoms with Crippen molar-refractivity contribution in [2.24, 2.45) is 0 Å². The summed E-state index contributed by atoms with van der Waals surface area (Å²) in [6.07, 6.45) is 0. The molecule has 2 aromatic carbocycles. The molecule has 0 saturated carbocycles. The number of benzene rings is 2. The van der Waals surface area contributed by atoms with Crippen LogP contribution in [-0.4, -0.2) is 16.1 Å². The van der Waals surface area contributed by atoms with E-state index in [2.05, 4.69) is 5.32 Å². The number of phenols is 2. The summed E-state index contributed by atoms with van der Waals surface area (Å²) in [5.74, 6) is -0.765. The van der Waals surface area contributed by atoms with Crippen molar-refractivity contribution in [3.8, 4) is 11.5 Å². The van der Waals surface area contributed by atoms with Gasteiger partial charge >= 0.3 is 0 Å². The summed E-state index contributed by atoms with van der Waals surface area (Å²) in [5, 5.41) is 21.8. The van der Waals surface area contributed by atoms with E-state index in [4.69, 9.17) is 5.73 Å². The SMILES string of the molecule is Cc1cc(N)cc(C)c1NC(=O)c1cc(O)ccc1O. The van der Waals surface area contributed by atoms with Crippen LogP contribution in [0, 0.1) is 13.8 Å². The molecule has 20 heavy (non-hydrogen) atoms. The van der Waals surface area contributed by atoms with Crippen molar-refractivity contribution in [2.75, 3.05) is 11.1 Å². The summed E-state index contributed by atoms with van der Waals surface area (Å²) in [7, 11) is 0. The molecule has 0 radical (unpaired) electrons. The number of nitrogen functional groups attached to an aromatic ring is 1. The fourth-order valence-corrected chi connectivity index (χ4v) is 2.08. The first-order valence-electron chi connectivity index (χ1n) is 6.08. The van der Waals surface area contributed by atoms with Crippen molar-refractivity contribution in [3.05, 3.63) is 47.0 Å². The molecule has 5 nitrogen and oxygen atoms in total. The van der Waals surface area contributed by atoms with Gasteiger partial charge in [-0.2, -0.15) is 0 Å². The fraction of sp³-hybridized carbons (Fsp3) is 0.133. The van der Waals surface area contributed by atoms with Gasteiger partial charge in [0.2, 0.25) is 0 Å². The van der Waals surface area contributed by atoms with Crippen molar-refractivity contribution in [3.63, 3.8) is 0 Å². The van der Waals surface area contributed by atoms with Crippen LogP contribution in [0.5, 0.6) is 11.5 Å². The van der Waals surface area contributed by atoms with E-state index in [0.717, 1.165) is 11.1 Å². The Morgan fingerprint density at radius 3 is 2.30 bits per heavy atom.